The Balaban J connectivity index is 2.37. The molecule has 2 atom stereocenters. The monoisotopic (exact) mass is 186 g/mol. The fourth-order valence-corrected chi connectivity index (χ4v) is 2.22. The molecule has 1 fully saturated rings. The Morgan fingerprint density at radius 3 is 2.62 bits per heavy atom. The lowest BCUT2D eigenvalue weighted by molar-refractivity contribution is 0.169. The zero-order valence-electron chi connectivity index (χ0n) is 8.79. The van der Waals surface area contributed by atoms with Gasteiger partial charge in [0.05, 0.1) is 6.61 Å². The first-order valence-electron chi connectivity index (χ1n) is 5.26. The van der Waals surface area contributed by atoms with Crippen LogP contribution in [0, 0.1) is 0 Å². The molecule has 0 spiro atoms. The Morgan fingerprint density at radius 1 is 1.31 bits per heavy atom. The van der Waals surface area contributed by atoms with Gasteiger partial charge in [0, 0.05) is 18.6 Å². The molecular formula is C10H22N2O. The van der Waals surface area contributed by atoms with Gasteiger partial charge < -0.3 is 15.3 Å². The molecule has 1 saturated carbocycles. The molecule has 0 bridgehead atoms. The van der Waals surface area contributed by atoms with E-state index < -0.39 is 0 Å². The van der Waals surface area contributed by atoms with Crippen LogP contribution in [0.15, 0.2) is 0 Å². The molecule has 78 valence electrons. The minimum Gasteiger partial charge on any atom is -0.395 e. The largest absolute Gasteiger partial charge is 0.395 e. The van der Waals surface area contributed by atoms with Crippen LogP contribution in [0.1, 0.15) is 25.7 Å². The topological polar surface area (TPSA) is 35.5 Å². The van der Waals surface area contributed by atoms with Crippen LogP contribution < -0.4 is 5.32 Å². The first kappa shape index (κ1) is 11.0. The van der Waals surface area contributed by atoms with Crippen LogP contribution >= 0.6 is 0 Å². The van der Waals surface area contributed by atoms with Crippen LogP contribution in [-0.2, 0) is 0 Å². The van der Waals surface area contributed by atoms with Gasteiger partial charge in [-0.15, -0.1) is 0 Å². The van der Waals surface area contributed by atoms with Crippen LogP contribution in [0.2, 0.25) is 0 Å². The first-order chi connectivity index (χ1) is 6.25. The molecule has 0 amide bonds. The van der Waals surface area contributed by atoms with E-state index in [1.165, 1.54) is 25.7 Å². The van der Waals surface area contributed by atoms with Gasteiger partial charge in [0.15, 0.2) is 0 Å². The summed E-state index contributed by atoms with van der Waals surface area (Å²) in [7, 11) is 4.28. The quantitative estimate of drug-likeness (QED) is 0.669. The highest BCUT2D eigenvalue weighted by atomic mass is 16.3. The fraction of sp³-hybridized carbons (Fsp3) is 1.00. The molecule has 3 nitrogen and oxygen atoms in total. The zero-order valence-corrected chi connectivity index (χ0v) is 8.79. The Kier molecular flexibility index (Phi) is 4.70. The SMILES string of the molecule is CN(C)[C@@H]1CCCC[C@H]1NCCO. The smallest absolute Gasteiger partial charge is 0.0556 e. The minimum atomic E-state index is 0.247. The van der Waals surface area contributed by atoms with Gasteiger partial charge in [-0.05, 0) is 26.9 Å². The van der Waals surface area contributed by atoms with Gasteiger partial charge in [0.1, 0.15) is 0 Å². The van der Waals surface area contributed by atoms with E-state index in [1.54, 1.807) is 0 Å². The summed E-state index contributed by atoms with van der Waals surface area (Å²) < 4.78 is 0. The van der Waals surface area contributed by atoms with Crippen molar-refractivity contribution >= 4 is 0 Å². The van der Waals surface area contributed by atoms with Crippen molar-refractivity contribution in [3.8, 4) is 0 Å². The second-order valence-corrected chi connectivity index (χ2v) is 4.10. The maximum atomic E-state index is 8.75. The Bertz CT molecular complexity index is 139. The molecule has 0 saturated heterocycles. The molecule has 1 aliphatic rings. The summed E-state index contributed by atoms with van der Waals surface area (Å²) >= 11 is 0. The third-order valence-electron chi connectivity index (χ3n) is 2.91. The highest BCUT2D eigenvalue weighted by Gasteiger charge is 2.25. The van der Waals surface area contributed by atoms with Gasteiger partial charge in [-0.25, -0.2) is 0 Å². The van der Waals surface area contributed by atoms with Crippen molar-refractivity contribution in [3.63, 3.8) is 0 Å². The van der Waals surface area contributed by atoms with Crippen molar-refractivity contribution in [3.05, 3.63) is 0 Å². The Labute approximate surface area is 81.1 Å². The van der Waals surface area contributed by atoms with E-state index in [0.717, 1.165) is 6.54 Å². The summed E-state index contributed by atoms with van der Waals surface area (Å²) in [4.78, 5) is 2.30. The molecular weight excluding hydrogens is 164 g/mol. The highest BCUT2D eigenvalue weighted by Crippen LogP contribution is 2.21. The van der Waals surface area contributed by atoms with Gasteiger partial charge in [0.2, 0.25) is 0 Å². The third kappa shape index (κ3) is 3.25. The van der Waals surface area contributed by atoms with Gasteiger partial charge in [-0.2, -0.15) is 0 Å². The van der Waals surface area contributed by atoms with Crippen molar-refractivity contribution in [2.24, 2.45) is 0 Å². The van der Waals surface area contributed by atoms with Crippen LogP contribution in [-0.4, -0.2) is 49.3 Å². The van der Waals surface area contributed by atoms with Crippen molar-refractivity contribution in [1.82, 2.24) is 10.2 Å². The standard InChI is InChI=1S/C10H22N2O/c1-12(2)10-6-4-3-5-9(10)11-7-8-13/h9-11,13H,3-8H2,1-2H3/t9-,10-/m1/s1. The second-order valence-electron chi connectivity index (χ2n) is 4.10. The van der Waals surface area contributed by atoms with Gasteiger partial charge in [0.25, 0.3) is 0 Å². The highest BCUT2D eigenvalue weighted by molar-refractivity contribution is 4.85. The molecule has 0 aromatic heterocycles. The van der Waals surface area contributed by atoms with E-state index in [2.05, 4.69) is 24.3 Å². The number of aliphatic hydroxyl groups excluding tert-OH is 1. The summed E-state index contributed by atoms with van der Waals surface area (Å²) in [6.07, 6.45) is 5.21. The van der Waals surface area contributed by atoms with E-state index in [4.69, 9.17) is 5.11 Å². The molecule has 0 radical (unpaired) electrons. The van der Waals surface area contributed by atoms with E-state index in [0.29, 0.717) is 12.1 Å². The average molecular weight is 186 g/mol. The lowest BCUT2D eigenvalue weighted by Crippen LogP contribution is -2.49. The summed E-state index contributed by atoms with van der Waals surface area (Å²) in [5, 5.41) is 12.2. The summed E-state index contributed by atoms with van der Waals surface area (Å²) in [5.74, 6) is 0. The first-order valence-corrected chi connectivity index (χ1v) is 5.26. The van der Waals surface area contributed by atoms with E-state index in [9.17, 15) is 0 Å². The van der Waals surface area contributed by atoms with Crippen molar-refractivity contribution in [1.29, 1.82) is 0 Å². The van der Waals surface area contributed by atoms with E-state index in [-0.39, 0.29) is 6.61 Å². The van der Waals surface area contributed by atoms with Crippen molar-refractivity contribution in [2.75, 3.05) is 27.2 Å². The summed E-state index contributed by atoms with van der Waals surface area (Å²) in [5.41, 5.74) is 0. The molecule has 0 aliphatic heterocycles. The minimum absolute atomic E-state index is 0.247. The number of rotatable bonds is 4. The fourth-order valence-electron chi connectivity index (χ4n) is 2.22. The number of nitrogens with one attached hydrogen (secondary N) is 1. The molecule has 0 aromatic rings. The maximum Gasteiger partial charge on any atom is 0.0556 e. The van der Waals surface area contributed by atoms with Gasteiger partial charge >= 0.3 is 0 Å². The Morgan fingerprint density at radius 2 is 2.00 bits per heavy atom. The summed E-state index contributed by atoms with van der Waals surface area (Å²) in [6, 6.07) is 1.23. The molecule has 0 heterocycles. The maximum absolute atomic E-state index is 8.75. The molecule has 0 aromatic carbocycles. The van der Waals surface area contributed by atoms with Gasteiger partial charge in [-0.1, -0.05) is 12.8 Å². The predicted octanol–water partition coefficient (Wildman–Crippen LogP) is 0.441. The van der Waals surface area contributed by atoms with Crippen LogP contribution in [0.25, 0.3) is 0 Å². The number of hydrogen-bond donors (Lipinski definition) is 2. The molecule has 0 unspecified atom stereocenters. The number of nitrogens with zero attached hydrogens (tertiary/aromatic N) is 1. The normalized spacial score (nSPS) is 29.5. The predicted molar refractivity (Wildman–Crippen MR) is 54.8 cm³/mol. The van der Waals surface area contributed by atoms with Gasteiger partial charge in [-0.3, -0.25) is 0 Å². The van der Waals surface area contributed by atoms with Crippen molar-refractivity contribution in [2.45, 2.75) is 37.8 Å². The molecule has 2 N–H and O–H groups in total. The molecule has 3 heteroatoms. The molecule has 13 heavy (non-hydrogen) atoms. The van der Waals surface area contributed by atoms with Crippen LogP contribution in [0.3, 0.4) is 0 Å². The van der Waals surface area contributed by atoms with Crippen molar-refractivity contribution < 1.29 is 5.11 Å². The van der Waals surface area contributed by atoms with E-state index >= 15 is 0 Å². The summed E-state index contributed by atoms with van der Waals surface area (Å²) in [6.45, 7) is 0.978. The van der Waals surface area contributed by atoms with Crippen LogP contribution in [0.4, 0.5) is 0 Å². The molecule has 1 rings (SSSR count). The number of aliphatic hydroxyl groups is 1. The zero-order chi connectivity index (χ0) is 9.68. The lowest BCUT2D eigenvalue weighted by atomic mass is 9.89. The Hall–Kier alpha value is -0.120. The lowest BCUT2D eigenvalue weighted by Gasteiger charge is -2.36. The average Bonchev–Trinajstić information content (AvgIpc) is 2.15. The number of hydrogen-bond acceptors (Lipinski definition) is 3. The second kappa shape index (κ2) is 5.58. The van der Waals surface area contributed by atoms with Crippen LogP contribution in [0.5, 0.6) is 0 Å². The van der Waals surface area contributed by atoms with E-state index in [1.807, 2.05) is 0 Å². The number of likely N-dealkylation sites (N-methyl/N-ethyl adjacent to an activating group) is 1. The third-order valence-corrected chi connectivity index (χ3v) is 2.91. The molecule has 1 aliphatic carbocycles.